The zero-order chi connectivity index (χ0) is 22.8. The Bertz CT molecular complexity index is 1350. The highest BCUT2D eigenvalue weighted by Crippen LogP contribution is 2.39. The van der Waals surface area contributed by atoms with Crippen molar-refractivity contribution in [2.24, 2.45) is 10.2 Å². The summed E-state index contributed by atoms with van der Waals surface area (Å²) in [6.45, 7) is 8.72. The van der Waals surface area contributed by atoms with E-state index >= 15 is 0 Å². The summed E-state index contributed by atoms with van der Waals surface area (Å²) in [5.41, 5.74) is 7.92. The van der Waals surface area contributed by atoms with Crippen molar-refractivity contribution in [1.29, 1.82) is 0 Å². The molecule has 0 aliphatic carbocycles. The van der Waals surface area contributed by atoms with Crippen LogP contribution in [0.3, 0.4) is 0 Å². The monoisotopic (exact) mass is 442 g/mol. The smallest absolute Gasteiger partial charge is 0.221 e. The molecule has 0 amide bonds. The topological polar surface area (TPSA) is 61.9 Å². The van der Waals surface area contributed by atoms with Crippen LogP contribution in [0.4, 0.5) is 11.4 Å². The Morgan fingerprint density at radius 2 is 1.62 bits per heavy atom. The molecule has 2 N–H and O–H groups in total. The van der Waals surface area contributed by atoms with Gasteiger partial charge in [0.2, 0.25) is 11.0 Å². The van der Waals surface area contributed by atoms with Gasteiger partial charge in [-0.2, -0.15) is 0 Å². The van der Waals surface area contributed by atoms with E-state index < -0.39 is 0 Å². The molecule has 0 aliphatic heterocycles. The van der Waals surface area contributed by atoms with Crippen LogP contribution < -0.4 is 5.32 Å². The summed E-state index contributed by atoms with van der Waals surface area (Å²) in [4.78, 5) is 0. The van der Waals surface area contributed by atoms with E-state index in [-0.39, 0.29) is 11.0 Å². The minimum atomic E-state index is 0.0744. The number of thiocarbonyl (C=S) groups is 1. The molecule has 0 saturated heterocycles. The third kappa shape index (κ3) is 4.41. The number of nitrogens with one attached hydrogen (secondary N) is 1. The molecule has 0 fully saturated rings. The summed E-state index contributed by atoms with van der Waals surface area (Å²) in [5, 5.41) is 23.8. The van der Waals surface area contributed by atoms with Crippen molar-refractivity contribution in [3.05, 3.63) is 88.5 Å². The van der Waals surface area contributed by atoms with Gasteiger partial charge in [0.1, 0.15) is 0 Å². The number of anilines is 1. The fourth-order valence-electron chi connectivity index (χ4n) is 3.78. The van der Waals surface area contributed by atoms with E-state index in [9.17, 15) is 5.11 Å². The lowest BCUT2D eigenvalue weighted by molar-refractivity contribution is 0.429. The number of hydrogen-bond acceptors (Lipinski definition) is 3. The Morgan fingerprint density at radius 1 is 0.938 bits per heavy atom. The maximum Gasteiger partial charge on any atom is 0.221 e. The lowest BCUT2D eigenvalue weighted by atomic mass is 10.1. The van der Waals surface area contributed by atoms with E-state index in [0.29, 0.717) is 12.2 Å². The summed E-state index contributed by atoms with van der Waals surface area (Å²) in [5.74, 6) is 0.0744. The molecule has 0 bridgehead atoms. The van der Waals surface area contributed by atoms with Crippen molar-refractivity contribution in [2.45, 2.75) is 34.2 Å². The molecule has 0 atom stereocenters. The maximum absolute atomic E-state index is 11.1. The zero-order valence-corrected chi connectivity index (χ0v) is 19.5. The van der Waals surface area contributed by atoms with Gasteiger partial charge in [-0.25, -0.2) is 0 Å². The van der Waals surface area contributed by atoms with Crippen molar-refractivity contribution in [1.82, 2.24) is 4.57 Å². The van der Waals surface area contributed by atoms with E-state index in [2.05, 4.69) is 47.6 Å². The Labute approximate surface area is 193 Å². The summed E-state index contributed by atoms with van der Waals surface area (Å²) in [6, 6.07) is 20.2. The van der Waals surface area contributed by atoms with E-state index in [1.807, 2.05) is 60.9 Å². The fourth-order valence-corrected chi connectivity index (χ4v) is 3.93. The molecule has 4 aromatic rings. The third-order valence-corrected chi connectivity index (χ3v) is 5.81. The van der Waals surface area contributed by atoms with Crippen LogP contribution >= 0.6 is 12.2 Å². The molecule has 0 spiro atoms. The molecular formula is C26H26N4OS. The van der Waals surface area contributed by atoms with Crippen LogP contribution in [0.1, 0.15) is 27.8 Å². The largest absolute Gasteiger partial charge is 0.493 e. The average Bonchev–Trinajstić information content (AvgIpc) is 3.03. The quantitative estimate of drug-likeness (QED) is 0.261. The van der Waals surface area contributed by atoms with Gasteiger partial charge in [-0.05, 0) is 74.3 Å². The molecule has 0 aliphatic rings. The van der Waals surface area contributed by atoms with Crippen LogP contribution in [-0.2, 0) is 6.54 Å². The van der Waals surface area contributed by atoms with Crippen molar-refractivity contribution in [2.75, 3.05) is 5.32 Å². The SMILES string of the molecule is Cc1ccc(C)c(Cn2c(O)c(N=NC(=S)Nc3cc(C)ccc3C)c3ccccc32)c1. The Morgan fingerprint density at radius 3 is 2.41 bits per heavy atom. The van der Waals surface area contributed by atoms with Crippen LogP contribution in [0.2, 0.25) is 0 Å². The molecule has 0 unspecified atom stereocenters. The normalized spacial score (nSPS) is 11.4. The highest BCUT2D eigenvalue weighted by Gasteiger charge is 2.17. The molecule has 4 rings (SSSR count). The van der Waals surface area contributed by atoms with Gasteiger partial charge in [0, 0.05) is 11.1 Å². The van der Waals surface area contributed by atoms with Crippen LogP contribution in [0, 0.1) is 27.7 Å². The van der Waals surface area contributed by atoms with Gasteiger partial charge in [0.25, 0.3) is 0 Å². The molecule has 5 nitrogen and oxygen atoms in total. The molecule has 162 valence electrons. The maximum atomic E-state index is 11.1. The number of aromatic hydroxyl groups is 1. The van der Waals surface area contributed by atoms with Crippen molar-refractivity contribution >= 4 is 39.6 Å². The summed E-state index contributed by atoms with van der Waals surface area (Å²) in [6.07, 6.45) is 0. The minimum Gasteiger partial charge on any atom is -0.493 e. The highest BCUT2D eigenvalue weighted by molar-refractivity contribution is 7.80. The molecule has 0 radical (unpaired) electrons. The molecule has 1 heterocycles. The van der Waals surface area contributed by atoms with Crippen LogP contribution in [0.15, 0.2) is 70.9 Å². The first-order valence-electron chi connectivity index (χ1n) is 10.5. The molecular weight excluding hydrogens is 416 g/mol. The van der Waals surface area contributed by atoms with E-state index in [0.717, 1.165) is 33.3 Å². The summed E-state index contributed by atoms with van der Waals surface area (Å²) in [7, 11) is 0. The Kier molecular flexibility index (Phi) is 6.06. The second-order valence-electron chi connectivity index (χ2n) is 8.15. The van der Waals surface area contributed by atoms with Gasteiger partial charge in [-0.1, -0.05) is 54.1 Å². The predicted molar refractivity (Wildman–Crippen MR) is 135 cm³/mol. The lowest BCUT2D eigenvalue weighted by Crippen LogP contribution is -2.06. The van der Waals surface area contributed by atoms with Gasteiger partial charge in [0.05, 0.1) is 12.1 Å². The van der Waals surface area contributed by atoms with Crippen LogP contribution in [-0.4, -0.2) is 14.8 Å². The van der Waals surface area contributed by atoms with Crippen LogP contribution in [0.25, 0.3) is 10.9 Å². The first-order valence-corrected chi connectivity index (χ1v) is 10.9. The molecule has 3 aromatic carbocycles. The molecule has 0 saturated carbocycles. The number of benzene rings is 3. The molecule has 32 heavy (non-hydrogen) atoms. The third-order valence-electron chi connectivity index (χ3n) is 5.63. The Balaban J connectivity index is 1.67. The number of azo groups is 1. The second kappa shape index (κ2) is 8.93. The number of rotatable bonds is 4. The van der Waals surface area contributed by atoms with Crippen molar-refractivity contribution < 1.29 is 5.11 Å². The number of aryl methyl sites for hydroxylation is 4. The highest BCUT2D eigenvalue weighted by atomic mass is 32.1. The van der Waals surface area contributed by atoms with Gasteiger partial charge in [0.15, 0.2) is 5.69 Å². The van der Waals surface area contributed by atoms with Gasteiger partial charge in [-0.3, -0.25) is 0 Å². The number of para-hydroxylation sites is 1. The molecule has 6 heteroatoms. The number of fused-ring (bicyclic) bond motifs is 1. The van der Waals surface area contributed by atoms with Crippen LogP contribution in [0.5, 0.6) is 5.88 Å². The second-order valence-corrected chi connectivity index (χ2v) is 8.54. The van der Waals surface area contributed by atoms with Gasteiger partial charge >= 0.3 is 0 Å². The van der Waals surface area contributed by atoms with Crippen molar-refractivity contribution in [3.63, 3.8) is 0 Å². The fraction of sp³-hybridized carbons (Fsp3) is 0.192. The lowest BCUT2D eigenvalue weighted by Gasteiger charge is -2.11. The number of nitrogens with zero attached hydrogens (tertiary/aromatic N) is 3. The zero-order valence-electron chi connectivity index (χ0n) is 18.7. The first kappa shape index (κ1) is 21.7. The van der Waals surface area contributed by atoms with E-state index in [4.69, 9.17) is 12.2 Å². The van der Waals surface area contributed by atoms with Crippen molar-refractivity contribution in [3.8, 4) is 5.88 Å². The molecule has 1 aromatic heterocycles. The average molecular weight is 443 g/mol. The minimum absolute atomic E-state index is 0.0744. The van der Waals surface area contributed by atoms with Gasteiger partial charge < -0.3 is 15.0 Å². The van der Waals surface area contributed by atoms with E-state index in [1.165, 1.54) is 11.1 Å². The Hall–Kier alpha value is -3.51. The predicted octanol–water partition coefficient (Wildman–Crippen LogP) is 7.11. The summed E-state index contributed by atoms with van der Waals surface area (Å²) < 4.78 is 1.87. The van der Waals surface area contributed by atoms with E-state index in [1.54, 1.807) is 0 Å². The number of aromatic nitrogens is 1. The van der Waals surface area contributed by atoms with Gasteiger partial charge in [-0.15, -0.1) is 10.2 Å². The summed E-state index contributed by atoms with van der Waals surface area (Å²) >= 11 is 5.39. The number of hydrogen-bond donors (Lipinski definition) is 2. The standard InChI is InChI=1S/C26H26N4OS/c1-16-9-11-18(3)20(13-16)15-30-23-8-6-5-7-21(23)24(25(30)31)28-29-26(32)27-22-14-17(2)10-12-19(22)4/h5-14,31H,15H2,1-4H3,(H,27,32). The first-order chi connectivity index (χ1) is 15.3.